The zero-order valence-electron chi connectivity index (χ0n) is 8.97. The van der Waals surface area contributed by atoms with Crippen molar-refractivity contribution < 1.29 is 20.1 Å². The monoisotopic (exact) mass is 225 g/mol. The van der Waals surface area contributed by atoms with E-state index in [1.54, 1.807) is 0 Å². The van der Waals surface area contributed by atoms with Gasteiger partial charge in [-0.05, 0) is 18.1 Å². The molecule has 0 aliphatic carbocycles. The fourth-order valence-corrected chi connectivity index (χ4v) is 1.56. The average Bonchev–Trinajstić information content (AvgIpc) is 2.21. The molecule has 0 spiro atoms. The smallest absolute Gasteiger partial charge is 0.312 e. The molecule has 0 aromatic heterocycles. The highest BCUT2D eigenvalue weighted by molar-refractivity contribution is 5.77. The van der Waals surface area contributed by atoms with Gasteiger partial charge in [-0.1, -0.05) is 6.92 Å². The van der Waals surface area contributed by atoms with Crippen molar-refractivity contribution in [2.45, 2.75) is 19.3 Å². The highest BCUT2D eigenvalue weighted by Crippen LogP contribution is 2.32. The summed E-state index contributed by atoms with van der Waals surface area (Å²) >= 11 is 0. The van der Waals surface area contributed by atoms with Gasteiger partial charge in [0.2, 0.25) is 0 Å². The third-order valence-electron chi connectivity index (χ3n) is 2.52. The van der Waals surface area contributed by atoms with Crippen LogP contribution in [0.2, 0.25) is 0 Å². The lowest BCUT2D eigenvalue weighted by Gasteiger charge is -2.14. The van der Waals surface area contributed by atoms with Crippen molar-refractivity contribution >= 4 is 5.97 Å². The molecule has 0 saturated carbocycles. The molecular weight excluding hydrogens is 210 g/mol. The van der Waals surface area contributed by atoms with Gasteiger partial charge in [-0.25, -0.2) is 0 Å². The van der Waals surface area contributed by atoms with Crippen LogP contribution < -0.4 is 5.73 Å². The Morgan fingerprint density at radius 2 is 2.00 bits per heavy atom. The molecule has 0 aliphatic rings. The molecule has 0 aliphatic heterocycles. The SMILES string of the molecule is CCc1cc(C(CN)C(=O)O)c(O)cc1O. The summed E-state index contributed by atoms with van der Waals surface area (Å²) in [5, 5.41) is 28.0. The Kier molecular flexibility index (Phi) is 3.73. The number of rotatable bonds is 4. The van der Waals surface area contributed by atoms with Crippen LogP contribution in [0.25, 0.3) is 0 Å². The molecule has 0 saturated heterocycles. The Bertz CT molecular complexity index is 403. The van der Waals surface area contributed by atoms with Crippen molar-refractivity contribution in [2.75, 3.05) is 6.54 Å². The molecule has 0 bridgehead atoms. The maximum Gasteiger partial charge on any atom is 0.312 e. The minimum Gasteiger partial charge on any atom is -0.508 e. The minimum absolute atomic E-state index is 0.0371. The van der Waals surface area contributed by atoms with Crippen LogP contribution in [0.4, 0.5) is 0 Å². The van der Waals surface area contributed by atoms with Crippen molar-refractivity contribution in [3.63, 3.8) is 0 Å². The third-order valence-corrected chi connectivity index (χ3v) is 2.52. The van der Waals surface area contributed by atoms with Gasteiger partial charge in [0.05, 0.1) is 5.92 Å². The van der Waals surface area contributed by atoms with Gasteiger partial charge in [-0.2, -0.15) is 0 Å². The van der Waals surface area contributed by atoms with Crippen LogP contribution in [0.5, 0.6) is 11.5 Å². The van der Waals surface area contributed by atoms with E-state index >= 15 is 0 Å². The zero-order valence-corrected chi connectivity index (χ0v) is 8.97. The van der Waals surface area contributed by atoms with Gasteiger partial charge in [0.15, 0.2) is 0 Å². The molecule has 0 fully saturated rings. The molecule has 1 atom stereocenters. The lowest BCUT2D eigenvalue weighted by Crippen LogP contribution is -2.21. The van der Waals surface area contributed by atoms with Crippen molar-refractivity contribution in [3.8, 4) is 11.5 Å². The van der Waals surface area contributed by atoms with E-state index in [0.717, 1.165) is 6.07 Å². The van der Waals surface area contributed by atoms with E-state index in [0.29, 0.717) is 12.0 Å². The Balaban J connectivity index is 3.26. The largest absolute Gasteiger partial charge is 0.508 e. The lowest BCUT2D eigenvalue weighted by molar-refractivity contribution is -0.138. The molecule has 88 valence electrons. The quantitative estimate of drug-likeness (QED) is 0.606. The van der Waals surface area contributed by atoms with Crippen LogP contribution in [0.15, 0.2) is 12.1 Å². The Morgan fingerprint density at radius 1 is 1.38 bits per heavy atom. The summed E-state index contributed by atoms with van der Waals surface area (Å²) in [4.78, 5) is 10.9. The Hall–Kier alpha value is -1.75. The van der Waals surface area contributed by atoms with Gasteiger partial charge >= 0.3 is 5.97 Å². The normalized spacial score (nSPS) is 12.4. The number of hydrogen-bond acceptors (Lipinski definition) is 4. The molecule has 0 radical (unpaired) electrons. The Morgan fingerprint density at radius 3 is 2.44 bits per heavy atom. The second-order valence-corrected chi connectivity index (χ2v) is 3.52. The van der Waals surface area contributed by atoms with Crippen LogP contribution in [0, 0.1) is 0 Å². The molecule has 1 unspecified atom stereocenters. The fourth-order valence-electron chi connectivity index (χ4n) is 1.56. The third kappa shape index (κ3) is 2.25. The molecule has 5 heteroatoms. The van der Waals surface area contributed by atoms with Gasteiger partial charge in [0.25, 0.3) is 0 Å². The van der Waals surface area contributed by atoms with Crippen LogP contribution in [0.3, 0.4) is 0 Å². The Labute approximate surface area is 93.1 Å². The van der Waals surface area contributed by atoms with Gasteiger partial charge in [-0.15, -0.1) is 0 Å². The van der Waals surface area contributed by atoms with Crippen molar-refractivity contribution in [2.24, 2.45) is 5.73 Å². The minimum atomic E-state index is -1.09. The van der Waals surface area contributed by atoms with Crippen molar-refractivity contribution in [3.05, 3.63) is 23.3 Å². The zero-order chi connectivity index (χ0) is 12.3. The number of carboxylic acid groups (broad SMARTS) is 1. The first-order chi connectivity index (χ1) is 7.51. The first-order valence-corrected chi connectivity index (χ1v) is 4.98. The number of nitrogens with two attached hydrogens (primary N) is 1. The molecule has 1 rings (SSSR count). The van der Waals surface area contributed by atoms with E-state index in [1.807, 2.05) is 6.92 Å². The van der Waals surface area contributed by atoms with Crippen LogP contribution in [0.1, 0.15) is 24.0 Å². The number of aromatic hydroxyl groups is 2. The number of phenolic OH excluding ortho intramolecular Hbond substituents is 2. The van der Waals surface area contributed by atoms with Crippen molar-refractivity contribution in [1.29, 1.82) is 0 Å². The summed E-state index contributed by atoms with van der Waals surface area (Å²) in [6, 6.07) is 2.64. The van der Waals surface area contributed by atoms with Gasteiger partial charge < -0.3 is 21.1 Å². The highest BCUT2D eigenvalue weighted by atomic mass is 16.4. The van der Waals surface area contributed by atoms with Crippen LogP contribution in [-0.4, -0.2) is 27.8 Å². The number of carboxylic acids is 1. The fraction of sp³-hybridized carbons (Fsp3) is 0.364. The number of hydrogen-bond donors (Lipinski definition) is 4. The maximum absolute atomic E-state index is 10.9. The number of phenols is 2. The first kappa shape index (κ1) is 12.3. The van der Waals surface area contributed by atoms with E-state index in [4.69, 9.17) is 10.8 Å². The number of aryl methyl sites for hydroxylation is 1. The summed E-state index contributed by atoms with van der Waals surface area (Å²) in [6.07, 6.45) is 0.552. The van der Waals surface area contributed by atoms with E-state index in [2.05, 4.69) is 0 Å². The molecule has 1 aromatic rings. The van der Waals surface area contributed by atoms with Gasteiger partial charge in [-0.3, -0.25) is 4.79 Å². The van der Waals surface area contributed by atoms with Gasteiger partial charge in [0.1, 0.15) is 11.5 Å². The highest BCUT2D eigenvalue weighted by Gasteiger charge is 2.22. The predicted molar refractivity (Wildman–Crippen MR) is 58.6 cm³/mol. The number of aliphatic carboxylic acids is 1. The summed E-state index contributed by atoms with van der Waals surface area (Å²) < 4.78 is 0. The predicted octanol–water partition coefficient (Wildman–Crippen LogP) is 0.787. The van der Waals surface area contributed by atoms with E-state index in [-0.39, 0.29) is 23.6 Å². The first-order valence-electron chi connectivity index (χ1n) is 4.98. The van der Waals surface area contributed by atoms with Crippen molar-refractivity contribution in [1.82, 2.24) is 0 Å². The summed E-state index contributed by atoms with van der Waals surface area (Å²) in [6.45, 7) is 1.73. The topological polar surface area (TPSA) is 104 Å². The van der Waals surface area contributed by atoms with Crippen LogP contribution >= 0.6 is 0 Å². The second kappa shape index (κ2) is 4.85. The lowest BCUT2D eigenvalue weighted by atomic mass is 9.95. The summed E-state index contributed by atoms with van der Waals surface area (Å²) in [5.41, 5.74) is 6.18. The summed E-state index contributed by atoms with van der Waals surface area (Å²) in [7, 11) is 0. The number of carbonyl (C=O) groups is 1. The van der Waals surface area contributed by atoms with Crippen LogP contribution in [-0.2, 0) is 11.2 Å². The molecular formula is C11H15NO4. The second-order valence-electron chi connectivity index (χ2n) is 3.52. The van der Waals surface area contributed by atoms with E-state index in [1.165, 1.54) is 6.07 Å². The summed E-state index contributed by atoms with van der Waals surface area (Å²) in [5.74, 6) is -2.33. The molecule has 5 N–H and O–H groups in total. The molecule has 5 nitrogen and oxygen atoms in total. The standard InChI is InChI=1S/C11H15NO4/c1-2-6-3-7(8(5-12)11(15)16)10(14)4-9(6)13/h3-4,8,13-14H,2,5,12H2,1H3,(H,15,16). The molecule has 0 amide bonds. The van der Waals surface area contributed by atoms with E-state index in [9.17, 15) is 15.0 Å². The molecule has 0 heterocycles. The van der Waals surface area contributed by atoms with Gasteiger partial charge in [0, 0.05) is 18.2 Å². The molecule has 1 aromatic carbocycles. The van der Waals surface area contributed by atoms with E-state index < -0.39 is 11.9 Å². The average molecular weight is 225 g/mol. The molecule has 16 heavy (non-hydrogen) atoms. The number of benzene rings is 1. The maximum atomic E-state index is 10.9.